The molecule has 0 bridgehead atoms. The lowest BCUT2D eigenvalue weighted by Crippen LogP contribution is -2.15. The van der Waals surface area contributed by atoms with Crippen molar-refractivity contribution >= 4 is 5.69 Å². The SMILES string of the molecule is Nc1ccc([C@H]2CCCn3cncc32)cc1. The van der Waals surface area contributed by atoms with Crippen LogP contribution in [-0.4, -0.2) is 9.55 Å². The fourth-order valence-electron chi connectivity index (χ4n) is 2.49. The molecular formula is C13H15N3. The normalized spacial score (nSPS) is 19.4. The van der Waals surface area contributed by atoms with Gasteiger partial charge in [0, 0.05) is 30.0 Å². The van der Waals surface area contributed by atoms with Gasteiger partial charge in [-0.25, -0.2) is 4.98 Å². The van der Waals surface area contributed by atoms with E-state index < -0.39 is 0 Å². The molecule has 0 aliphatic carbocycles. The molecular weight excluding hydrogens is 198 g/mol. The molecule has 2 heterocycles. The molecule has 3 nitrogen and oxygen atoms in total. The Kier molecular flexibility index (Phi) is 2.17. The van der Waals surface area contributed by atoms with Crippen LogP contribution in [0.1, 0.15) is 30.0 Å². The molecule has 1 aromatic heterocycles. The number of hydrogen-bond acceptors (Lipinski definition) is 2. The van der Waals surface area contributed by atoms with Gasteiger partial charge in [-0.1, -0.05) is 12.1 Å². The monoisotopic (exact) mass is 213 g/mol. The molecule has 3 heteroatoms. The van der Waals surface area contributed by atoms with Crippen LogP contribution in [0.25, 0.3) is 0 Å². The standard InChI is InChI=1S/C13H15N3/c14-11-5-3-10(4-6-11)12-2-1-7-16-9-15-8-13(12)16/h3-6,8-9,12H,1-2,7,14H2/t12-/m1/s1. The van der Waals surface area contributed by atoms with Crippen molar-refractivity contribution in [3.8, 4) is 0 Å². The van der Waals surface area contributed by atoms with Crippen LogP contribution in [0.3, 0.4) is 0 Å². The second kappa shape index (κ2) is 3.67. The molecule has 1 atom stereocenters. The van der Waals surface area contributed by atoms with Crippen LogP contribution in [-0.2, 0) is 6.54 Å². The van der Waals surface area contributed by atoms with Crippen LogP contribution in [0.15, 0.2) is 36.8 Å². The highest BCUT2D eigenvalue weighted by Gasteiger charge is 2.21. The van der Waals surface area contributed by atoms with Crippen molar-refractivity contribution in [3.05, 3.63) is 48.0 Å². The highest BCUT2D eigenvalue weighted by atomic mass is 15.1. The lowest BCUT2D eigenvalue weighted by Gasteiger charge is -2.24. The molecule has 0 unspecified atom stereocenters. The molecule has 16 heavy (non-hydrogen) atoms. The van der Waals surface area contributed by atoms with E-state index in [4.69, 9.17) is 5.73 Å². The van der Waals surface area contributed by atoms with Gasteiger partial charge in [-0.2, -0.15) is 0 Å². The summed E-state index contributed by atoms with van der Waals surface area (Å²) in [6.45, 7) is 1.10. The number of imidazole rings is 1. The molecule has 3 rings (SSSR count). The van der Waals surface area contributed by atoms with Gasteiger partial charge in [0.05, 0.1) is 6.33 Å². The first-order chi connectivity index (χ1) is 7.84. The minimum atomic E-state index is 0.483. The maximum Gasteiger partial charge on any atom is 0.0948 e. The third-order valence-corrected chi connectivity index (χ3v) is 3.33. The van der Waals surface area contributed by atoms with Gasteiger partial charge in [-0.15, -0.1) is 0 Å². The van der Waals surface area contributed by atoms with Crippen LogP contribution < -0.4 is 5.73 Å². The minimum absolute atomic E-state index is 0.483. The highest BCUT2D eigenvalue weighted by Crippen LogP contribution is 2.33. The Bertz CT molecular complexity index is 484. The number of nitrogen functional groups attached to an aromatic ring is 1. The topological polar surface area (TPSA) is 43.8 Å². The average Bonchev–Trinajstić information content (AvgIpc) is 2.78. The Balaban J connectivity index is 2.00. The van der Waals surface area contributed by atoms with Gasteiger partial charge in [-0.3, -0.25) is 0 Å². The summed E-state index contributed by atoms with van der Waals surface area (Å²) in [6, 6.07) is 8.21. The summed E-state index contributed by atoms with van der Waals surface area (Å²) in [5.41, 5.74) is 9.21. The first-order valence-electron chi connectivity index (χ1n) is 5.70. The van der Waals surface area contributed by atoms with Crippen molar-refractivity contribution in [2.24, 2.45) is 0 Å². The number of aromatic nitrogens is 2. The third kappa shape index (κ3) is 1.48. The fraction of sp³-hybridized carbons (Fsp3) is 0.308. The molecule has 2 aromatic rings. The van der Waals surface area contributed by atoms with Gasteiger partial charge in [0.25, 0.3) is 0 Å². The molecule has 0 radical (unpaired) electrons. The number of nitrogens with two attached hydrogens (primary N) is 1. The lowest BCUT2D eigenvalue weighted by atomic mass is 9.89. The minimum Gasteiger partial charge on any atom is -0.399 e. The summed E-state index contributed by atoms with van der Waals surface area (Å²) >= 11 is 0. The van der Waals surface area contributed by atoms with Crippen LogP contribution in [0.5, 0.6) is 0 Å². The zero-order chi connectivity index (χ0) is 11.0. The van der Waals surface area contributed by atoms with Crippen molar-refractivity contribution in [2.75, 3.05) is 5.73 Å². The van der Waals surface area contributed by atoms with E-state index in [1.54, 1.807) is 0 Å². The molecule has 1 aliphatic rings. The molecule has 2 N–H and O–H groups in total. The van der Waals surface area contributed by atoms with Gasteiger partial charge in [0.1, 0.15) is 0 Å². The van der Waals surface area contributed by atoms with Crippen molar-refractivity contribution < 1.29 is 0 Å². The smallest absolute Gasteiger partial charge is 0.0948 e. The molecule has 82 valence electrons. The van der Waals surface area contributed by atoms with E-state index >= 15 is 0 Å². The summed E-state index contributed by atoms with van der Waals surface area (Å²) in [6.07, 6.45) is 6.34. The summed E-state index contributed by atoms with van der Waals surface area (Å²) in [5, 5.41) is 0. The van der Waals surface area contributed by atoms with E-state index in [9.17, 15) is 0 Å². The number of benzene rings is 1. The van der Waals surface area contributed by atoms with Crippen molar-refractivity contribution in [1.29, 1.82) is 0 Å². The zero-order valence-corrected chi connectivity index (χ0v) is 9.13. The first-order valence-corrected chi connectivity index (χ1v) is 5.70. The number of hydrogen-bond donors (Lipinski definition) is 1. The quantitative estimate of drug-likeness (QED) is 0.739. The fourth-order valence-corrected chi connectivity index (χ4v) is 2.49. The maximum atomic E-state index is 5.71. The number of fused-ring (bicyclic) bond motifs is 1. The Labute approximate surface area is 94.9 Å². The lowest BCUT2D eigenvalue weighted by molar-refractivity contribution is 0.491. The Morgan fingerprint density at radius 1 is 1.25 bits per heavy atom. The number of rotatable bonds is 1. The van der Waals surface area contributed by atoms with Crippen LogP contribution >= 0.6 is 0 Å². The largest absolute Gasteiger partial charge is 0.399 e. The zero-order valence-electron chi connectivity index (χ0n) is 9.13. The first kappa shape index (κ1) is 9.46. The van der Waals surface area contributed by atoms with Crippen molar-refractivity contribution in [3.63, 3.8) is 0 Å². The summed E-state index contributed by atoms with van der Waals surface area (Å²) in [4.78, 5) is 4.24. The van der Waals surface area contributed by atoms with E-state index in [2.05, 4.69) is 21.7 Å². The predicted molar refractivity (Wildman–Crippen MR) is 64.2 cm³/mol. The predicted octanol–water partition coefficient (Wildman–Crippen LogP) is 2.39. The Morgan fingerprint density at radius 3 is 2.88 bits per heavy atom. The summed E-state index contributed by atoms with van der Waals surface area (Å²) in [5.74, 6) is 0.483. The molecule has 0 fully saturated rings. The van der Waals surface area contributed by atoms with Gasteiger partial charge in [0.15, 0.2) is 0 Å². The number of nitrogens with zero attached hydrogens (tertiary/aromatic N) is 2. The molecule has 0 saturated heterocycles. The van der Waals surface area contributed by atoms with Crippen molar-refractivity contribution in [2.45, 2.75) is 25.3 Å². The maximum absolute atomic E-state index is 5.71. The number of anilines is 1. The van der Waals surface area contributed by atoms with E-state index in [1.807, 2.05) is 24.7 Å². The Morgan fingerprint density at radius 2 is 2.06 bits per heavy atom. The second-order valence-electron chi connectivity index (χ2n) is 4.37. The molecule has 0 spiro atoms. The Hall–Kier alpha value is -1.77. The number of aryl methyl sites for hydroxylation is 1. The van der Waals surface area contributed by atoms with Gasteiger partial charge < -0.3 is 10.3 Å². The third-order valence-electron chi connectivity index (χ3n) is 3.33. The van der Waals surface area contributed by atoms with Crippen LogP contribution in [0.2, 0.25) is 0 Å². The molecule has 0 amide bonds. The van der Waals surface area contributed by atoms with Crippen molar-refractivity contribution in [1.82, 2.24) is 9.55 Å². The molecule has 1 aliphatic heterocycles. The highest BCUT2D eigenvalue weighted by molar-refractivity contribution is 5.42. The second-order valence-corrected chi connectivity index (χ2v) is 4.37. The van der Waals surface area contributed by atoms with Crippen LogP contribution in [0, 0.1) is 0 Å². The molecule has 1 aromatic carbocycles. The van der Waals surface area contributed by atoms with Gasteiger partial charge >= 0.3 is 0 Å². The van der Waals surface area contributed by atoms with E-state index in [0.717, 1.165) is 12.2 Å². The molecule has 0 saturated carbocycles. The summed E-state index contributed by atoms with van der Waals surface area (Å²) in [7, 11) is 0. The van der Waals surface area contributed by atoms with E-state index in [0.29, 0.717) is 5.92 Å². The van der Waals surface area contributed by atoms with Gasteiger partial charge in [-0.05, 0) is 30.5 Å². The van der Waals surface area contributed by atoms with Crippen LogP contribution in [0.4, 0.5) is 5.69 Å². The average molecular weight is 213 g/mol. The summed E-state index contributed by atoms with van der Waals surface area (Å²) < 4.78 is 2.25. The van der Waals surface area contributed by atoms with E-state index in [-0.39, 0.29) is 0 Å². The van der Waals surface area contributed by atoms with E-state index in [1.165, 1.54) is 24.1 Å². The van der Waals surface area contributed by atoms with Gasteiger partial charge in [0.2, 0.25) is 0 Å².